The highest BCUT2D eigenvalue weighted by Crippen LogP contribution is 2.48. The van der Waals surface area contributed by atoms with Crippen LogP contribution in [0.4, 0.5) is 17.1 Å². The molecule has 1 aliphatic heterocycles. The number of hydrogen-bond donors (Lipinski definition) is 3. The first-order chi connectivity index (χ1) is 18.8. The lowest BCUT2D eigenvalue weighted by atomic mass is 9.78. The molecule has 2 atom stereocenters. The number of aromatic hydroxyl groups is 1. The Morgan fingerprint density at radius 3 is 2.49 bits per heavy atom. The van der Waals surface area contributed by atoms with Gasteiger partial charge in [0.15, 0.2) is 11.5 Å². The van der Waals surface area contributed by atoms with E-state index in [1.807, 2.05) is 42.5 Å². The van der Waals surface area contributed by atoms with Crippen LogP contribution in [0.15, 0.2) is 65.9 Å². The van der Waals surface area contributed by atoms with Crippen LogP contribution in [0.3, 0.4) is 0 Å². The van der Waals surface area contributed by atoms with Gasteiger partial charge in [-0.05, 0) is 55.3 Å². The van der Waals surface area contributed by atoms with Crippen molar-refractivity contribution in [1.82, 2.24) is 0 Å². The summed E-state index contributed by atoms with van der Waals surface area (Å²) < 4.78 is 16.6. The fourth-order valence-electron chi connectivity index (χ4n) is 5.31. The molecule has 3 aromatic rings. The maximum atomic E-state index is 13.9. The molecular formula is C29H29N3O7. The van der Waals surface area contributed by atoms with Gasteiger partial charge < -0.3 is 30.0 Å². The molecule has 39 heavy (non-hydrogen) atoms. The monoisotopic (exact) mass is 531 g/mol. The number of fused-ring (bicyclic) bond motifs is 1. The molecule has 0 aromatic heterocycles. The number of nitrogens with zero attached hydrogens (tertiary/aromatic N) is 1. The normalized spacial score (nSPS) is 18.2. The highest BCUT2D eigenvalue weighted by atomic mass is 16.6. The zero-order valence-corrected chi connectivity index (χ0v) is 21.8. The third-order valence-corrected chi connectivity index (χ3v) is 7.09. The second-order valence-electron chi connectivity index (χ2n) is 9.35. The highest BCUT2D eigenvalue weighted by molar-refractivity contribution is 6.01. The Hall–Kier alpha value is -4.73. The van der Waals surface area contributed by atoms with E-state index < -0.39 is 22.4 Å². The summed E-state index contributed by atoms with van der Waals surface area (Å²) in [5, 5.41) is 29.1. The van der Waals surface area contributed by atoms with Crippen molar-refractivity contribution in [3.8, 4) is 23.0 Å². The van der Waals surface area contributed by atoms with Crippen molar-refractivity contribution in [3.63, 3.8) is 0 Å². The number of benzene rings is 3. The molecule has 10 nitrogen and oxygen atoms in total. The van der Waals surface area contributed by atoms with Crippen LogP contribution in [-0.4, -0.2) is 36.6 Å². The molecule has 0 unspecified atom stereocenters. The van der Waals surface area contributed by atoms with E-state index in [0.717, 1.165) is 16.9 Å². The van der Waals surface area contributed by atoms with E-state index in [1.54, 1.807) is 27.2 Å². The molecule has 0 radical (unpaired) electrons. The average molecular weight is 532 g/mol. The molecule has 0 bridgehead atoms. The van der Waals surface area contributed by atoms with Crippen LogP contribution >= 0.6 is 0 Å². The van der Waals surface area contributed by atoms with Crippen molar-refractivity contribution in [1.29, 1.82) is 0 Å². The number of Topliss-reactive ketones (excluding diaryl/α,β-unsaturated/α-hetero) is 1. The topological polar surface area (TPSA) is 132 Å². The largest absolute Gasteiger partial charge is 0.500 e. The molecule has 3 N–H and O–H groups in total. The number of allylic oxidation sites excluding steroid dienone is 1. The Labute approximate surface area is 225 Å². The molecule has 5 rings (SSSR count). The number of nitro groups is 1. The quantitative estimate of drug-likeness (QED) is 0.260. The van der Waals surface area contributed by atoms with Gasteiger partial charge in [-0.2, -0.15) is 0 Å². The summed E-state index contributed by atoms with van der Waals surface area (Å²) in [6.45, 7) is 1.92. The zero-order chi connectivity index (χ0) is 27.7. The minimum atomic E-state index is -0.727. The lowest BCUT2D eigenvalue weighted by Crippen LogP contribution is -2.27. The summed E-state index contributed by atoms with van der Waals surface area (Å²) in [6, 6.07) is 15.2. The van der Waals surface area contributed by atoms with E-state index >= 15 is 0 Å². The van der Waals surface area contributed by atoms with E-state index in [1.165, 1.54) is 6.07 Å². The van der Waals surface area contributed by atoms with Gasteiger partial charge in [0.1, 0.15) is 11.5 Å². The second-order valence-corrected chi connectivity index (χ2v) is 9.35. The number of para-hydroxylation sites is 2. The molecule has 0 saturated carbocycles. The third-order valence-electron chi connectivity index (χ3n) is 7.09. The molecule has 3 aromatic carbocycles. The zero-order valence-electron chi connectivity index (χ0n) is 21.8. The number of nitro benzene ring substituents is 1. The van der Waals surface area contributed by atoms with E-state index in [2.05, 4.69) is 10.6 Å². The van der Waals surface area contributed by atoms with Gasteiger partial charge >= 0.3 is 5.69 Å². The summed E-state index contributed by atoms with van der Waals surface area (Å²) in [5.74, 6) is 0.462. The van der Waals surface area contributed by atoms with Crippen LogP contribution < -0.4 is 24.8 Å². The molecule has 2 aliphatic rings. The first-order valence-electron chi connectivity index (χ1n) is 12.6. The van der Waals surface area contributed by atoms with Gasteiger partial charge in [0.05, 0.1) is 43.2 Å². The summed E-state index contributed by atoms with van der Waals surface area (Å²) >= 11 is 0. The number of phenols is 1. The summed E-state index contributed by atoms with van der Waals surface area (Å²) in [4.78, 5) is 25.1. The van der Waals surface area contributed by atoms with Gasteiger partial charge in [0.25, 0.3) is 0 Å². The van der Waals surface area contributed by atoms with Crippen LogP contribution in [0.5, 0.6) is 23.0 Å². The van der Waals surface area contributed by atoms with Crippen molar-refractivity contribution in [3.05, 3.63) is 87.1 Å². The number of ketones is 1. The number of rotatable bonds is 7. The Kier molecular flexibility index (Phi) is 7.02. The highest BCUT2D eigenvalue weighted by Gasteiger charge is 2.38. The van der Waals surface area contributed by atoms with Gasteiger partial charge in [-0.3, -0.25) is 14.9 Å². The standard InChI is InChI=1S/C29H29N3O7/c1-4-39-26-14-17(12-23(29(26)34)32(35)36)28-27-22(30-20-7-5-6-8-21(20)31-28)11-16(13-24(27)33)19-15-18(37-2)9-10-25(19)38-3/h5-10,12,14-16,28,30-31,34H,4,11,13H2,1-3H3/t16-,28-/m0/s1. The smallest absolute Gasteiger partial charge is 0.315 e. The minimum absolute atomic E-state index is 0.0154. The van der Waals surface area contributed by atoms with E-state index in [-0.39, 0.29) is 30.5 Å². The summed E-state index contributed by atoms with van der Waals surface area (Å²) in [7, 11) is 3.18. The molecule has 202 valence electrons. The summed E-state index contributed by atoms with van der Waals surface area (Å²) in [5.41, 5.74) is 3.49. The van der Waals surface area contributed by atoms with Crippen molar-refractivity contribution in [2.75, 3.05) is 31.5 Å². The number of phenolic OH excluding ortho intramolecular Hbond substituents is 1. The van der Waals surface area contributed by atoms with Crippen LogP contribution in [0, 0.1) is 10.1 Å². The SMILES string of the molecule is CCOc1cc([C@@H]2Nc3ccccc3NC3=C2C(=O)C[C@@H](c2cc(OC)ccc2OC)C3)cc([N+](=O)[O-])c1O. The van der Waals surface area contributed by atoms with Crippen molar-refractivity contribution >= 4 is 22.8 Å². The lowest BCUT2D eigenvalue weighted by molar-refractivity contribution is -0.386. The number of nitrogens with one attached hydrogen (secondary N) is 2. The fourth-order valence-corrected chi connectivity index (χ4v) is 5.31. The fraction of sp³-hybridized carbons (Fsp3) is 0.276. The molecule has 0 amide bonds. The van der Waals surface area contributed by atoms with Gasteiger partial charge in [-0.25, -0.2) is 0 Å². The molecule has 10 heteroatoms. The maximum Gasteiger partial charge on any atom is 0.315 e. The van der Waals surface area contributed by atoms with Crippen LogP contribution in [-0.2, 0) is 4.79 Å². The molecule has 1 heterocycles. The van der Waals surface area contributed by atoms with Gasteiger partial charge in [0, 0.05) is 35.2 Å². The van der Waals surface area contributed by atoms with Gasteiger partial charge in [0.2, 0.25) is 5.75 Å². The molecular weight excluding hydrogens is 502 g/mol. The number of hydrogen-bond acceptors (Lipinski definition) is 9. The first-order valence-corrected chi connectivity index (χ1v) is 12.6. The Balaban J connectivity index is 1.66. The Morgan fingerprint density at radius 1 is 1.03 bits per heavy atom. The van der Waals surface area contributed by atoms with Crippen LogP contribution in [0.25, 0.3) is 0 Å². The lowest BCUT2D eigenvalue weighted by Gasteiger charge is -2.30. The predicted molar refractivity (Wildman–Crippen MR) is 146 cm³/mol. The van der Waals surface area contributed by atoms with Crippen LogP contribution in [0.2, 0.25) is 0 Å². The Bertz CT molecular complexity index is 1480. The van der Waals surface area contributed by atoms with E-state index in [0.29, 0.717) is 34.8 Å². The number of anilines is 2. The first kappa shape index (κ1) is 25.9. The molecule has 0 spiro atoms. The predicted octanol–water partition coefficient (Wildman–Crippen LogP) is 5.70. The van der Waals surface area contributed by atoms with E-state index in [4.69, 9.17) is 14.2 Å². The van der Waals surface area contributed by atoms with Crippen molar-refractivity contribution in [2.45, 2.75) is 31.7 Å². The molecule has 1 aliphatic carbocycles. The minimum Gasteiger partial charge on any atom is -0.500 e. The van der Waals surface area contributed by atoms with E-state index in [9.17, 15) is 20.0 Å². The maximum absolute atomic E-state index is 13.9. The number of carbonyl (C=O) groups excluding carboxylic acids is 1. The number of ether oxygens (including phenoxy) is 3. The Morgan fingerprint density at radius 2 is 1.79 bits per heavy atom. The van der Waals surface area contributed by atoms with Gasteiger partial charge in [-0.15, -0.1) is 0 Å². The molecule has 0 fully saturated rings. The third kappa shape index (κ3) is 4.81. The second kappa shape index (κ2) is 10.6. The van der Waals surface area contributed by atoms with Crippen LogP contribution in [0.1, 0.15) is 42.9 Å². The molecule has 0 saturated heterocycles. The number of methoxy groups -OCH3 is 2. The summed E-state index contributed by atoms with van der Waals surface area (Å²) in [6.07, 6.45) is 0.701. The van der Waals surface area contributed by atoms with Crippen molar-refractivity contribution in [2.24, 2.45) is 0 Å². The number of carbonyl (C=O) groups is 1. The van der Waals surface area contributed by atoms with Crippen molar-refractivity contribution < 1.29 is 29.0 Å². The average Bonchev–Trinajstić information content (AvgIpc) is 3.10. The van der Waals surface area contributed by atoms with Gasteiger partial charge in [-0.1, -0.05) is 12.1 Å².